The van der Waals surface area contributed by atoms with E-state index in [-0.39, 0.29) is 23.6 Å². The number of amides is 1. The van der Waals surface area contributed by atoms with Gasteiger partial charge in [0.2, 0.25) is 5.91 Å². The molecule has 0 bridgehead atoms. The number of benzene rings is 1. The van der Waals surface area contributed by atoms with E-state index in [1.54, 1.807) is 6.92 Å². The van der Waals surface area contributed by atoms with Gasteiger partial charge in [0.15, 0.2) is 5.75 Å². The van der Waals surface area contributed by atoms with Crippen LogP contribution < -0.4 is 10.5 Å². The van der Waals surface area contributed by atoms with E-state index in [4.69, 9.17) is 10.5 Å². The normalized spacial score (nSPS) is 11.6. The molecule has 0 radical (unpaired) electrons. The lowest BCUT2D eigenvalue weighted by atomic mass is 10.2. The minimum absolute atomic E-state index is 0.00120. The maximum Gasteiger partial charge on any atom is 0.311 e. The number of primary amides is 1. The van der Waals surface area contributed by atoms with E-state index in [0.717, 1.165) is 6.07 Å². The Balaban J connectivity index is 2.91. The molecule has 2 N–H and O–H groups in total. The summed E-state index contributed by atoms with van der Waals surface area (Å²) in [7, 11) is 0. The number of nitrogens with two attached hydrogens (primary N) is 1. The zero-order chi connectivity index (χ0) is 13.7. The fraction of sp³-hybridized carbons (Fsp3) is 0.273. The Hall–Kier alpha value is -2.44. The van der Waals surface area contributed by atoms with Gasteiger partial charge in [0.25, 0.3) is 0 Å². The molecule has 1 amide bonds. The summed E-state index contributed by atoms with van der Waals surface area (Å²) in [6, 6.07) is 3.82. The predicted molar refractivity (Wildman–Crippen MR) is 62.3 cm³/mol. The van der Waals surface area contributed by atoms with E-state index in [9.17, 15) is 19.7 Å². The van der Waals surface area contributed by atoms with Gasteiger partial charge in [-0.05, 0) is 12.1 Å². The van der Waals surface area contributed by atoms with E-state index in [0.29, 0.717) is 6.29 Å². The Morgan fingerprint density at radius 2 is 2.28 bits per heavy atom. The number of hydrogen-bond acceptors (Lipinski definition) is 5. The lowest BCUT2D eigenvalue weighted by Gasteiger charge is -2.10. The van der Waals surface area contributed by atoms with Crippen LogP contribution in [-0.4, -0.2) is 23.7 Å². The van der Waals surface area contributed by atoms with Gasteiger partial charge in [-0.1, -0.05) is 6.92 Å². The average Bonchev–Trinajstić information content (AvgIpc) is 2.35. The zero-order valence-corrected chi connectivity index (χ0v) is 9.66. The molecule has 1 aromatic carbocycles. The minimum Gasteiger partial charge on any atom is -0.486 e. The highest BCUT2D eigenvalue weighted by atomic mass is 16.6. The van der Waals surface area contributed by atoms with Crippen molar-refractivity contribution in [1.29, 1.82) is 0 Å². The highest BCUT2D eigenvalue weighted by Crippen LogP contribution is 2.27. The van der Waals surface area contributed by atoms with Gasteiger partial charge in [0.05, 0.1) is 17.4 Å². The number of ether oxygens (including phenoxy) is 1. The Morgan fingerprint density at radius 3 is 2.78 bits per heavy atom. The third-order valence-corrected chi connectivity index (χ3v) is 2.29. The van der Waals surface area contributed by atoms with E-state index in [1.807, 2.05) is 0 Å². The van der Waals surface area contributed by atoms with Crippen molar-refractivity contribution >= 4 is 17.9 Å². The number of carbonyl (C=O) groups excluding carboxylic acids is 2. The summed E-state index contributed by atoms with van der Waals surface area (Å²) in [5, 5.41) is 10.8. The molecule has 1 atom stereocenters. The molecule has 0 spiro atoms. The first-order chi connectivity index (χ1) is 8.45. The van der Waals surface area contributed by atoms with Gasteiger partial charge in [-0.25, -0.2) is 0 Å². The first kappa shape index (κ1) is 13.6. The quantitative estimate of drug-likeness (QED) is 0.459. The topological polar surface area (TPSA) is 113 Å². The van der Waals surface area contributed by atoms with E-state index < -0.39 is 16.7 Å². The van der Waals surface area contributed by atoms with Crippen molar-refractivity contribution < 1.29 is 19.2 Å². The van der Waals surface area contributed by atoms with Gasteiger partial charge in [0, 0.05) is 11.6 Å². The molecule has 7 heteroatoms. The monoisotopic (exact) mass is 252 g/mol. The minimum atomic E-state index is -0.655. The summed E-state index contributed by atoms with van der Waals surface area (Å²) in [6.45, 7) is 1.49. The van der Waals surface area contributed by atoms with Crippen molar-refractivity contribution in [2.24, 2.45) is 11.7 Å². The van der Waals surface area contributed by atoms with Gasteiger partial charge < -0.3 is 10.5 Å². The molecule has 7 nitrogen and oxygen atoms in total. The van der Waals surface area contributed by atoms with Crippen molar-refractivity contribution in [2.45, 2.75) is 6.92 Å². The molecule has 0 saturated carbocycles. The van der Waals surface area contributed by atoms with Crippen LogP contribution in [0.3, 0.4) is 0 Å². The molecule has 0 aliphatic rings. The lowest BCUT2D eigenvalue weighted by Crippen LogP contribution is -2.25. The van der Waals surface area contributed by atoms with Gasteiger partial charge >= 0.3 is 5.69 Å². The van der Waals surface area contributed by atoms with Crippen LogP contribution in [0, 0.1) is 16.0 Å². The number of nitro benzene ring substituents is 1. The van der Waals surface area contributed by atoms with Crippen LogP contribution >= 0.6 is 0 Å². The maximum atomic E-state index is 10.8. The first-order valence-corrected chi connectivity index (χ1v) is 5.11. The summed E-state index contributed by atoms with van der Waals surface area (Å²) in [5.41, 5.74) is 4.90. The number of nitrogens with zero attached hydrogens (tertiary/aromatic N) is 1. The van der Waals surface area contributed by atoms with Crippen LogP contribution in [0.15, 0.2) is 18.2 Å². The van der Waals surface area contributed by atoms with Crippen LogP contribution in [-0.2, 0) is 4.79 Å². The Kier molecular flexibility index (Phi) is 4.36. The van der Waals surface area contributed by atoms with Crippen molar-refractivity contribution in [3.05, 3.63) is 33.9 Å². The summed E-state index contributed by atoms with van der Waals surface area (Å²) in [4.78, 5) is 31.5. The van der Waals surface area contributed by atoms with Crippen LogP contribution in [0.4, 0.5) is 5.69 Å². The molecule has 96 valence electrons. The molecule has 1 unspecified atom stereocenters. The second-order valence-electron chi connectivity index (χ2n) is 3.72. The van der Waals surface area contributed by atoms with E-state index in [2.05, 4.69) is 0 Å². The average molecular weight is 252 g/mol. The van der Waals surface area contributed by atoms with Gasteiger partial charge in [-0.2, -0.15) is 0 Å². The molecule has 0 aliphatic carbocycles. The largest absolute Gasteiger partial charge is 0.486 e. The van der Waals surface area contributed by atoms with Crippen molar-refractivity contribution in [2.75, 3.05) is 6.61 Å². The maximum absolute atomic E-state index is 10.8. The van der Waals surface area contributed by atoms with Crippen LogP contribution in [0.25, 0.3) is 0 Å². The molecule has 0 fully saturated rings. The number of aldehydes is 1. The molecule has 0 heterocycles. The second-order valence-corrected chi connectivity index (χ2v) is 3.72. The Labute approximate surface area is 103 Å². The molecule has 1 aromatic rings. The first-order valence-electron chi connectivity index (χ1n) is 5.11. The summed E-state index contributed by atoms with van der Waals surface area (Å²) < 4.78 is 5.16. The number of nitro groups is 1. The molecular formula is C11H12N2O5. The van der Waals surface area contributed by atoms with Crippen LogP contribution in [0.5, 0.6) is 5.75 Å². The van der Waals surface area contributed by atoms with Crippen molar-refractivity contribution in [3.63, 3.8) is 0 Å². The predicted octanol–water partition coefficient (Wildman–Crippen LogP) is 0.907. The van der Waals surface area contributed by atoms with Crippen molar-refractivity contribution in [3.8, 4) is 5.75 Å². The van der Waals surface area contributed by atoms with Crippen molar-refractivity contribution in [1.82, 2.24) is 0 Å². The second kappa shape index (κ2) is 5.76. The fourth-order valence-electron chi connectivity index (χ4n) is 1.17. The van der Waals surface area contributed by atoms with Crippen LogP contribution in [0.2, 0.25) is 0 Å². The third-order valence-electron chi connectivity index (χ3n) is 2.29. The van der Waals surface area contributed by atoms with Gasteiger partial charge in [-0.15, -0.1) is 0 Å². The summed E-state index contributed by atoms with van der Waals surface area (Å²) in [6.07, 6.45) is 0.503. The third kappa shape index (κ3) is 3.27. The lowest BCUT2D eigenvalue weighted by molar-refractivity contribution is -0.385. The molecule has 0 aliphatic heterocycles. The molecular weight excluding hydrogens is 240 g/mol. The van der Waals surface area contributed by atoms with Gasteiger partial charge in [0.1, 0.15) is 6.29 Å². The smallest absolute Gasteiger partial charge is 0.311 e. The Morgan fingerprint density at radius 1 is 1.61 bits per heavy atom. The molecule has 0 aromatic heterocycles. The number of hydrogen-bond donors (Lipinski definition) is 1. The van der Waals surface area contributed by atoms with E-state index >= 15 is 0 Å². The fourth-order valence-corrected chi connectivity index (χ4v) is 1.17. The van der Waals surface area contributed by atoms with E-state index in [1.165, 1.54) is 12.1 Å². The number of carbonyl (C=O) groups is 2. The standard InChI is InChI=1S/C11H12N2O5/c1-7(11(12)15)6-18-10-3-2-8(5-14)4-9(10)13(16)17/h2-5,7H,6H2,1H3,(H2,12,15). The molecule has 18 heavy (non-hydrogen) atoms. The SMILES string of the molecule is CC(COc1ccc(C=O)cc1[N+](=O)[O-])C(N)=O. The van der Waals surface area contributed by atoms with Crippen LogP contribution in [0.1, 0.15) is 17.3 Å². The summed E-state index contributed by atoms with van der Waals surface area (Å²) >= 11 is 0. The zero-order valence-electron chi connectivity index (χ0n) is 9.66. The van der Waals surface area contributed by atoms with Gasteiger partial charge in [-0.3, -0.25) is 19.7 Å². The summed E-state index contributed by atoms with van der Waals surface area (Å²) in [5.74, 6) is -1.11. The Bertz CT molecular complexity index is 486. The highest BCUT2D eigenvalue weighted by Gasteiger charge is 2.18. The molecule has 0 saturated heterocycles. The highest BCUT2D eigenvalue weighted by molar-refractivity contribution is 5.77. The molecule has 1 rings (SSSR count). The number of rotatable bonds is 6.